The van der Waals surface area contributed by atoms with E-state index in [1.54, 1.807) is 11.3 Å². The monoisotopic (exact) mass is 409 g/mol. The number of thiazole rings is 1. The Balaban J connectivity index is 1.30. The second-order valence-corrected chi connectivity index (χ2v) is 8.58. The number of rotatable bonds is 7. The van der Waals surface area contributed by atoms with Crippen molar-refractivity contribution in [3.05, 3.63) is 59.1 Å². The van der Waals surface area contributed by atoms with Crippen molar-refractivity contribution in [3.8, 4) is 5.75 Å². The van der Waals surface area contributed by atoms with Gasteiger partial charge in [-0.05, 0) is 56.1 Å². The third-order valence-corrected chi connectivity index (χ3v) is 6.38. The van der Waals surface area contributed by atoms with Crippen LogP contribution in [0.1, 0.15) is 35.9 Å². The van der Waals surface area contributed by atoms with E-state index in [9.17, 15) is 4.79 Å². The summed E-state index contributed by atoms with van der Waals surface area (Å²) in [6, 6.07) is 16.4. The number of carbonyl (C=O) groups excluding carboxylic acids is 1. The Morgan fingerprint density at radius 2 is 2.14 bits per heavy atom. The maximum atomic E-state index is 12.5. The second kappa shape index (κ2) is 9.37. The van der Waals surface area contributed by atoms with Gasteiger partial charge in [-0.25, -0.2) is 4.98 Å². The Morgan fingerprint density at radius 1 is 1.24 bits per heavy atom. The van der Waals surface area contributed by atoms with Crippen LogP contribution in [0.25, 0.3) is 10.2 Å². The van der Waals surface area contributed by atoms with E-state index in [1.165, 1.54) is 11.1 Å². The van der Waals surface area contributed by atoms with Crippen LogP contribution in [-0.2, 0) is 4.79 Å². The minimum Gasteiger partial charge on any atom is -0.492 e. The van der Waals surface area contributed by atoms with Crippen LogP contribution in [0, 0.1) is 6.92 Å². The second-order valence-electron chi connectivity index (χ2n) is 7.52. The molecule has 0 bridgehead atoms. The largest absolute Gasteiger partial charge is 0.492 e. The zero-order valence-electron chi connectivity index (χ0n) is 16.8. The summed E-state index contributed by atoms with van der Waals surface area (Å²) >= 11 is 1.75. The maximum Gasteiger partial charge on any atom is 0.234 e. The lowest BCUT2D eigenvalue weighted by atomic mass is 10.0. The highest BCUT2D eigenvalue weighted by Gasteiger charge is 2.28. The predicted molar refractivity (Wildman–Crippen MR) is 117 cm³/mol. The van der Waals surface area contributed by atoms with Crippen LogP contribution in [0.5, 0.6) is 5.75 Å². The molecule has 0 spiro atoms. The molecule has 0 radical (unpaired) electrons. The van der Waals surface area contributed by atoms with Crippen LogP contribution in [0.4, 0.5) is 0 Å². The number of hydrogen-bond acceptors (Lipinski definition) is 5. The Morgan fingerprint density at radius 3 is 3.00 bits per heavy atom. The van der Waals surface area contributed by atoms with Gasteiger partial charge >= 0.3 is 0 Å². The van der Waals surface area contributed by atoms with Crippen LogP contribution in [0.15, 0.2) is 48.5 Å². The summed E-state index contributed by atoms with van der Waals surface area (Å²) in [5, 5.41) is 4.12. The molecule has 0 aliphatic carbocycles. The van der Waals surface area contributed by atoms with Crippen LogP contribution in [-0.4, -0.2) is 42.0 Å². The first-order valence-corrected chi connectivity index (χ1v) is 11.1. The maximum absolute atomic E-state index is 12.5. The van der Waals surface area contributed by atoms with Gasteiger partial charge in [0.1, 0.15) is 17.4 Å². The topological polar surface area (TPSA) is 54.5 Å². The average molecular weight is 410 g/mol. The van der Waals surface area contributed by atoms with Crippen molar-refractivity contribution < 1.29 is 9.53 Å². The standard InChI is InChI=1S/C23H27N3O2S/c1-17-7-6-8-18(15-17)28-14-12-24-22(27)16-26-13-5-4-10-20(26)23-25-19-9-2-3-11-21(19)29-23/h2-3,6-9,11,15,20H,4-5,10,12-14,16H2,1H3,(H,24,27)/t20-/m0/s1. The fourth-order valence-corrected chi connectivity index (χ4v) is 4.93. The van der Waals surface area contributed by atoms with E-state index < -0.39 is 0 Å². The minimum atomic E-state index is 0.0471. The first-order valence-electron chi connectivity index (χ1n) is 10.2. The van der Waals surface area contributed by atoms with Crippen molar-refractivity contribution in [3.63, 3.8) is 0 Å². The van der Waals surface area contributed by atoms with Crippen molar-refractivity contribution in [1.82, 2.24) is 15.2 Å². The number of carbonyl (C=O) groups is 1. The number of amides is 1. The third-order valence-electron chi connectivity index (χ3n) is 5.24. The Hall–Kier alpha value is -2.44. The summed E-state index contributed by atoms with van der Waals surface area (Å²) in [6.45, 7) is 4.36. The number of nitrogens with one attached hydrogen (secondary N) is 1. The normalized spacial score (nSPS) is 17.3. The molecule has 4 rings (SSSR count). The lowest BCUT2D eigenvalue weighted by Gasteiger charge is -2.33. The summed E-state index contributed by atoms with van der Waals surface area (Å²) in [7, 11) is 0. The smallest absolute Gasteiger partial charge is 0.234 e. The lowest BCUT2D eigenvalue weighted by molar-refractivity contribution is -0.123. The molecule has 5 nitrogen and oxygen atoms in total. The van der Waals surface area contributed by atoms with Crippen molar-refractivity contribution >= 4 is 27.5 Å². The molecule has 1 fully saturated rings. The number of benzene rings is 2. The highest BCUT2D eigenvalue weighted by atomic mass is 32.1. The van der Waals surface area contributed by atoms with Crippen LogP contribution >= 0.6 is 11.3 Å². The lowest BCUT2D eigenvalue weighted by Crippen LogP contribution is -2.42. The molecule has 1 N–H and O–H groups in total. The molecule has 3 aromatic rings. The van der Waals surface area contributed by atoms with Gasteiger partial charge in [0, 0.05) is 0 Å². The van der Waals surface area contributed by atoms with Gasteiger partial charge in [-0.1, -0.05) is 30.7 Å². The minimum absolute atomic E-state index is 0.0471. The number of aryl methyl sites for hydroxylation is 1. The van der Waals surface area contributed by atoms with E-state index in [0.717, 1.165) is 41.2 Å². The number of nitrogens with zero attached hydrogens (tertiary/aromatic N) is 2. The van der Waals surface area contributed by atoms with Gasteiger partial charge in [-0.3, -0.25) is 9.69 Å². The van der Waals surface area contributed by atoms with Gasteiger partial charge in [0.25, 0.3) is 0 Å². The summed E-state index contributed by atoms with van der Waals surface area (Å²) in [5.41, 5.74) is 2.22. The van der Waals surface area contributed by atoms with Crippen molar-refractivity contribution in [2.45, 2.75) is 32.2 Å². The SMILES string of the molecule is Cc1cccc(OCCNC(=O)CN2CCCC[C@H]2c2nc3ccccc3s2)c1. The van der Waals surface area contributed by atoms with Crippen LogP contribution in [0.3, 0.4) is 0 Å². The van der Waals surface area contributed by atoms with Crippen molar-refractivity contribution in [2.24, 2.45) is 0 Å². The molecule has 2 aromatic carbocycles. The molecule has 1 saturated heterocycles. The van der Waals surface area contributed by atoms with Crippen molar-refractivity contribution in [2.75, 3.05) is 26.2 Å². The number of aromatic nitrogens is 1. The predicted octanol–water partition coefficient (Wildman–Crippen LogP) is 4.33. The molecule has 1 aliphatic heterocycles. The zero-order valence-corrected chi connectivity index (χ0v) is 17.6. The number of para-hydroxylation sites is 1. The van der Waals surface area contributed by atoms with E-state index in [0.29, 0.717) is 19.7 Å². The number of hydrogen-bond donors (Lipinski definition) is 1. The zero-order chi connectivity index (χ0) is 20.1. The Kier molecular flexibility index (Phi) is 6.42. The number of ether oxygens (including phenoxy) is 1. The molecule has 1 atom stereocenters. The number of piperidine rings is 1. The van der Waals surface area contributed by atoms with Gasteiger partial charge in [0.15, 0.2) is 0 Å². The fourth-order valence-electron chi connectivity index (χ4n) is 3.80. The first kappa shape index (κ1) is 19.9. The van der Waals surface area contributed by atoms with Gasteiger partial charge in [-0.2, -0.15) is 0 Å². The fraction of sp³-hybridized carbons (Fsp3) is 0.391. The summed E-state index contributed by atoms with van der Waals surface area (Å²) in [4.78, 5) is 19.6. The molecule has 0 unspecified atom stereocenters. The van der Waals surface area contributed by atoms with Gasteiger partial charge in [0.05, 0.1) is 29.3 Å². The first-order chi connectivity index (χ1) is 14.2. The molecule has 152 valence electrons. The molecule has 1 aliphatic rings. The van der Waals surface area contributed by atoms with E-state index in [1.807, 2.05) is 37.3 Å². The number of likely N-dealkylation sites (tertiary alicyclic amines) is 1. The van der Waals surface area contributed by atoms with Gasteiger partial charge in [0.2, 0.25) is 5.91 Å². The summed E-state index contributed by atoms with van der Waals surface area (Å²) < 4.78 is 6.93. The van der Waals surface area contributed by atoms with Gasteiger partial charge < -0.3 is 10.1 Å². The van der Waals surface area contributed by atoms with E-state index in [4.69, 9.17) is 9.72 Å². The van der Waals surface area contributed by atoms with E-state index in [-0.39, 0.29) is 11.9 Å². The highest BCUT2D eigenvalue weighted by Crippen LogP contribution is 2.35. The third kappa shape index (κ3) is 5.14. The molecule has 29 heavy (non-hydrogen) atoms. The summed E-state index contributed by atoms with van der Waals surface area (Å²) in [6.07, 6.45) is 3.37. The average Bonchev–Trinajstić information content (AvgIpc) is 3.16. The van der Waals surface area contributed by atoms with Crippen LogP contribution in [0.2, 0.25) is 0 Å². The Bertz CT molecular complexity index is 938. The van der Waals surface area contributed by atoms with Crippen LogP contribution < -0.4 is 10.1 Å². The van der Waals surface area contributed by atoms with E-state index >= 15 is 0 Å². The molecule has 1 aromatic heterocycles. The molecular weight excluding hydrogens is 382 g/mol. The molecule has 0 saturated carbocycles. The highest BCUT2D eigenvalue weighted by molar-refractivity contribution is 7.18. The van der Waals surface area contributed by atoms with Gasteiger partial charge in [-0.15, -0.1) is 11.3 Å². The Labute approximate surface area is 175 Å². The number of fused-ring (bicyclic) bond motifs is 1. The van der Waals surface area contributed by atoms with Crippen molar-refractivity contribution in [1.29, 1.82) is 0 Å². The molecular formula is C23H27N3O2S. The molecule has 6 heteroatoms. The molecule has 1 amide bonds. The van der Waals surface area contributed by atoms with E-state index in [2.05, 4.69) is 28.4 Å². The molecule has 2 heterocycles. The summed E-state index contributed by atoms with van der Waals surface area (Å²) in [5.74, 6) is 0.886. The quantitative estimate of drug-likeness (QED) is 0.590.